The molecule has 0 aliphatic rings. The van der Waals surface area contributed by atoms with Crippen molar-refractivity contribution in [3.05, 3.63) is 83.9 Å². The Morgan fingerprint density at radius 3 is 1.72 bits per heavy atom. The van der Waals surface area contributed by atoms with Crippen LogP contribution in [0.3, 0.4) is 0 Å². The minimum Gasteiger partial charge on any atom is -0.406 e. The number of hydrogen-bond donors (Lipinski definition) is 1. The van der Waals surface area contributed by atoms with Crippen LogP contribution >= 0.6 is 0 Å². The number of ether oxygens (including phenoxy) is 1. The molecule has 29 heavy (non-hydrogen) atoms. The van der Waals surface area contributed by atoms with E-state index in [0.717, 1.165) is 16.8 Å². The van der Waals surface area contributed by atoms with Crippen LogP contribution in [0.5, 0.6) is 5.75 Å². The second-order valence-corrected chi connectivity index (χ2v) is 7.95. The van der Waals surface area contributed by atoms with E-state index in [1.54, 1.807) is 12.1 Å². The third-order valence-electron chi connectivity index (χ3n) is 4.62. The van der Waals surface area contributed by atoms with E-state index in [9.17, 15) is 13.2 Å². The molecule has 3 aromatic carbocycles. The fourth-order valence-electron chi connectivity index (χ4n) is 2.96. The lowest BCUT2D eigenvalue weighted by Gasteiger charge is -2.19. The Labute approximate surface area is 169 Å². The molecule has 0 fully saturated rings. The molecule has 0 aromatic heterocycles. The number of hydrogen-bond acceptors (Lipinski definition) is 2. The predicted octanol–water partition coefficient (Wildman–Crippen LogP) is 7.16. The van der Waals surface area contributed by atoms with Gasteiger partial charge in [0.1, 0.15) is 5.75 Å². The standard InChI is InChI=1S/C24H24F3NO/c1-23(2,3)20-10-4-17(5-11-20)16-28-21-12-6-18(7-13-21)19-8-14-22(15-9-19)29-24(25,26)27/h4-15,28H,16H2,1-3H3. The summed E-state index contributed by atoms with van der Waals surface area (Å²) in [6.07, 6.45) is -4.68. The maximum Gasteiger partial charge on any atom is 0.573 e. The molecule has 3 aromatic rings. The van der Waals surface area contributed by atoms with Crippen molar-refractivity contribution in [2.75, 3.05) is 5.32 Å². The van der Waals surface area contributed by atoms with Gasteiger partial charge in [-0.1, -0.05) is 69.3 Å². The van der Waals surface area contributed by atoms with Gasteiger partial charge < -0.3 is 10.1 Å². The normalized spacial score (nSPS) is 11.9. The zero-order valence-electron chi connectivity index (χ0n) is 16.7. The van der Waals surface area contributed by atoms with Gasteiger partial charge in [-0.05, 0) is 51.9 Å². The maximum atomic E-state index is 12.2. The van der Waals surface area contributed by atoms with Crippen LogP contribution in [0.4, 0.5) is 18.9 Å². The van der Waals surface area contributed by atoms with Gasteiger partial charge in [0.2, 0.25) is 0 Å². The lowest BCUT2D eigenvalue weighted by atomic mass is 9.87. The van der Waals surface area contributed by atoms with E-state index in [1.807, 2.05) is 24.3 Å². The van der Waals surface area contributed by atoms with Crippen molar-refractivity contribution in [1.82, 2.24) is 0 Å². The quantitative estimate of drug-likeness (QED) is 0.491. The van der Waals surface area contributed by atoms with Gasteiger partial charge in [0, 0.05) is 12.2 Å². The van der Waals surface area contributed by atoms with Gasteiger partial charge in [-0.25, -0.2) is 0 Å². The lowest BCUT2D eigenvalue weighted by Crippen LogP contribution is -2.16. The SMILES string of the molecule is CC(C)(C)c1ccc(CNc2ccc(-c3ccc(OC(F)(F)F)cc3)cc2)cc1. The van der Waals surface area contributed by atoms with Crippen LogP contribution < -0.4 is 10.1 Å². The fourth-order valence-corrected chi connectivity index (χ4v) is 2.96. The first-order chi connectivity index (χ1) is 13.6. The van der Waals surface area contributed by atoms with Crippen LogP contribution in [0, 0.1) is 0 Å². The van der Waals surface area contributed by atoms with Gasteiger partial charge in [-0.3, -0.25) is 0 Å². The van der Waals surface area contributed by atoms with Crippen LogP contribution in [-0.4, -0.2) is 6.36 Å². The molecular formula is C24H24F3NO. The Kier molecular flexibility index (Phi) is 5.87. The summed E-state index contributed by atoms with van der Waals surface area (Å²) in [7, 11) is 0. The van der Waals surface area contributed by atoms with Gasteiger partial charge in [-0.15, -0.1) is 13.2 Å². The van der Waals surface area contributed by atoms with E-state index in [2.05, 4.69) is 55.1 Å². The minimum absolute atomic E-state index is 0.138. The monoisotopic (exact) mass is 399 g/mol. The molecule has 1 N–H and O–H groups in total. The van der Waals surface area contributed by atoms with Gasteiger partial charge >= 0.3 is 6.36 Å². The molecule has 0 aliphatic carbocycles. The first-order valence-corrected chi connectivity index (χ1v) is 9.40. The average Bonchev–Trinajstić information content (AvgIpc) is 2.66. The molecule has 0 amide bonds. The van der Waals surface area contributed by atoms with Gasteiger partial charge in [0.05, 0.1) is 0 Å². The van der Waals surface area contributed by atoms with Crippen LogP contribution in [0.1, 0.15) is 31.9 Å². The van der Waals surface area contributed by atoms with Crippen molar-refractivity contribution in [3.8, 4) is 16.9 Å². The molecule has 0 atom stereocenters. The van der Waals surface area contributed by atoms with E-state index in [0.29, 0.717) is 6.54 Å². The van der Waals surface area contributed by atoms with E-state index >= 15 is 0 Å². The average molecular weight is 399 g/mol. The van der Waals surface area contributed by atoms with Crippen molar-refractivity contribution in [1.29, 1.82) is 0 Å². The largest absolute Gasteiger partial charge is 0.573 e. The van der Waals surface area contributed by atoms with Gasteiger partial charge in [0.25, 0.3) is 0 Å². The zero-order valence-corrected chi connectivity index (χ0v) is 16.7. The Morgan fingerprint density at radius 2 is 1.24 bits per heavy atom. The van der Waals surface area contributed by atoms with E-state index in [1.165, 1.54) is 23.3 Å². The number of halogens is 3. The lowest BCUT2D eigenvalue weighted by molar-refractivity contribution is -0.274. The predicted molar refractivity (Wildman–Crippen MR) is 111 cm³/mol. The first-order valence-electron chi connectivity index (χ1n) is 9.40. The number of benzene rings is 3. The summed E-state index contributed by atoms with van der Waals surface area (Å²) < 4.78 is 40.6. The number of anilines is 1. The van der Waals surface area contributed by atoms with Gasteiger partial charge in [-0.2, -0.15) is 0 Å². The van der Waals surface area contributed by atoms with Crippen molar-refractivity contribution >= 4 is 5.69 Å². The summed E-state index contributed by atoms with van der Waals surface area (Å²) in [5.74, 6) is -0.225. The molecule has 0 saturated heterocycles. The molecule has 3 rings (SSSR count). The third kappa shape index (κ3) is 6.01. The molecule has 0 bridgehead atoms. The fraction of sp³-hybridized carbons (Fsp3) is 0.250. The highest BCUT2D eigenvalue weighted by Gasteiger charge is 2.30. The molecule has 5 heteroatoms. The molecule has 0 spiro atoms. The summed E-state index contributed by atoms with van der Waals surface area (Å²) in [5, 5.41) is 3.39. The topological polar surface area (TPSA) is 21.3 Å². The van der Waals surface area contributed by atoms with E-state index in [-0.39, 0.29) is 11.2 Å². The Balaban J connectivity index is 1.60. The smallest absolute Gasteiger partial charge is 0.406 e. The molecule has 0 saturated carbocycles. The van der Waals surface area contributed by atoms with Crippen molar-refractivity contribution in [3.63, 3.8) is 0 Å². The Morgan fingerprint density at radius 1 is 0.724 bits per heavy atom. The molecule has 0 unspecified atom stereocenters. The van der Waals surface area contributed by atoms with Crippen LogP contribution in [0.25, 0.3) is 11.1 Å². The minimum atomic E-state index is -4.68. The van der Waals surface area contributed by atoms with Crippen LogP contribution in [-0.2, 0) is 12.0 Å². The highest BCUT2D eigenvalue weighted by atomic mass is 19.4. The molecule has 0 radical (unpaired) electrons. The highest BCUT2D eigenvalue weighted by Crippen LogP contribution is 2.27. The number of rotatable bonds is 5. The van der Waals surface area contributed by atoms with Crippen molar-refractivity contribution < 1.29 is 17.9 Å². The molecule has 152 valence electrons. The molecule has 2 nitrogen and oxygen atoms in total. The summed E-state index contributed by atoms with van der Waals surface area (Å²) in [5.41, 5.74) is 5.36. The Hall–Kier alpha value is -2.95. The van der Waals surface area contributed by atoms with Gasteiger partial charge in [0.15, 0.2) is 0 Å². The summed E-state index contributed by atoms with van der Waals surface area (Å²) in [6, 6.07) is 22.2. The molecular weight excluding hydrogens is 375 g/mol. The Bertz CT molecular complexity index is 922. The molecule has 0 heterocycles. The molecule has 0 aliphatic heterocycles. The van der Waals surface area contributed by atoms with E-state index in [4.69, 9.17) is 0 Å². The van der Waals surface area contributed by atoms with Crippen LogP contribution in [0.15, 0.2) is 72.8 Å². The maximum absolute atomic E-state index is 12.2. The zero-order chi connectivity index (χ0) is 21.1. The number of alkyl halides is 3. The first kappa shape index (κ1) is 20.8. The third-order valence-corrected chi connectivity index (χ3v) is 4.62. The number of nitrogens with one attached hydrogen (secondary N) is 1. The summed E-state index contributed by atoms with van der Waals surface area (Å²) in [6.45, 7) is 7.29. The summed E-state index contributed by atoms with van der Waals surface area (Å²) >= 11 is 0. The highest BCUT2D eigenvalue weighted by molar-refractivity contribution is 5.66. The van der Waals surface area contributed by atoms with E-state index < -0.39 is 6.36 Å². The van der Waals surface area contributed by atoms with Crippen LogP contribution in [0.2, 0.25) is 0 Å². The van der Waals surface area contributed by atoms with Crippen molar-refractivity contribution in [2.24, 2.45) is 0 Å². The second-order valence-electron chi connectivity index (χ2n) is 7.95. The second kappa shape index (κ2) is 8.19. The van der Waals surface area contributed by atoms with Crippen molar-refractivity contribution in [2.45, 2.75) is 39.1 Å². The summed E-state index contributed by atoms with van der Waals surface area (Å²) in [4.78, 5) is 0.